The van der Waals surface area contributed by atoms with Gasteiger partial charge in [-0.15, -0.1) is 0 Å². The van der Waals surface area contributed by atoms with E-state index in [0.717, 1.165) is 51.9 Å². The van der Waals surface area contributed by atoms with E-state index in [2.05, 4.69) is 35.2 Å². The predicted octanol–water partition coefficient (Wildman–Crippen LogP) is 2.23. The maximum absolute atomic E-state index is 10.5. The fourth-order valence-corrected chi connectivity index (χ4v) is 3.64. The Morgan fingerprint density at radius 3 is 2.60 bits per heavy atom. The summed E-state index contributed by atoms with van der Waals surface area (Å²) in [4.78, 5) is 2.56. The van der Waals surface area contributed by atoms with Crippen molar-refractivity contribution in [3.05, 3.63) is 35.9 Å². The lowest BCUT2D eigenvalue weighted by molar-refractivity contribution is -0.0436. The lowest BCUT2D eigenvalue weighted by Crippen LogP contribution is -2.55. The van der Waals surface area contributed by atoms with Gasteiger partial charge in [0.05, 0.1) is 6.10 Å². The zero-order valence-electron chi connectivity index (χ0n) is 12.1. The third-order valence-electron chi connectivity index (χ3n) is 4.73. The molecule has 2 aliphatic rings. The van der Waals surface area contributed by atoms with Crippen molar-refractivity contribution in [3.63, 3.8) is 0 Å². The molecule has 0 saturated carbocycles. The fourth-order valence-electron chi connectivity index (χ4n) is 3.64. The van der Waals surface area contributed by atoms with E-state index < -0.39 is 0 Å². The average molecular weight is 275 g/mol. The van der Waals surface area contributed by atoms with E-state index in [0.29, 0.717) is 6.04 Å². The van der Waals surface area contributed by atoms with Crippen molar-refractivity contribution in [2.24, 2.45) is 0 Å². The molecule has 0 radical (unpaired) electrons. The van der Waals surface area contributed by atoms with E-state index in [4.69, 9.17) is 4.74 Å². The number of likely N-dealkylation sites (tertiary alicyclic amines) is 1. The van der Waals surface area contributed by atoms with Gasteiger partial charge in [0, 0.05) is 25.3 Å². The van der Waals surface area contributed by atoms with E-state index in [-0.39, 0.29) is 12.1 Å². The molecule has 0 aliphatic carbocycles. The Bertz CT molecular complexity index is 403. The molecule has 3 nitrogen and oxygen atoms in total. The van der Waals surface area contributed by atoms with Crippen LogP contribution in [0.1, 0.15) is 31.2 Å². The van der Waals surface area contributed by atoms with Crippen LogP contribution in [0.15, 0.2) is 30.3 Å². The second kappa shape index (κ2) is 6.70. The minimum Gasteiger partial charge on any atom is -0.391 e. The number of benzene rings is 1. The van der Waals surface area contributed by atoms with Crippen LogP contribution in [-0.2, 0) is 11.2 Å². The Morgan fingerprint density at radius 2 is 1.85 bits per heavy atom. The second-order valence-corrected chi connectivity index (χ2v) is 6.05. The summed E-state index contributed by atoms with van der Waals surface area (Å²) in [5.41, 5.74) is 1.33. The van der Waals surface area contributed by atoms with Gasteiger partial charge in [0.1, 0.15) is 0 Å². The molecule has 2 atom stereocenters. The number of nitrogens with zero attached hydrogens (tertiary/aromatic N) is 1. The van der Waals surface area contributed by atoms with Gasteiger partial charge in [-0.05, 0) is 44.2 Å². The molecule has 0 amide bonds. The molecule has 2 heterocycles. The molecule has 0 aromatic heterocycles. The van der Waals surface area contributed by atoms with E-state index in [1.807, 2.05) is 0 Å². The van der Waals surface area contributed by atoms with Crippen molar-refractivity contribution in [2.45, 2.75) is 50.3 Å². The summed E-state index contributed by atoms with van der Waals surface area (Å²) in [6, 6.07) is 11.4. The van der Waals surface area contributed by atoms with Crippen LogP contribution in [0, 0.1) is 0 Å². The molecule has 0 spiro atoms. The van der Waals surface area contributed by atoms with Gasteiger partial charge in [-0.25, -0.2) is 0 Å². The molecule has 1 aromatic carbocycles. The van der Waals surface area contributed by atoms with Gasteiger partial charge in [-0.1, -0.05) is 30.3 Å². The Hall–Kier alpha value is -0.900. The van der Waals surface area contributed by atoms with Crippen molar-refractivity contribution < 1.29 is 9.84 Å². The molecule has 3 heteroatoms. The van der Waals surface area contributed by atoms with Crippen molar-refractivity contribution in [2.75, 3.05) is 19.8 Å². The van der Waals surface area contributed by atoms with Crippen molar-refractivity contribution in [1.82, 2.24) is 4.90 Å². The summed E-state index contributed by atoms with van der Waals surface area (Å²) in [5.74, 6) is 0. The molecule has 110 valence electrons. The Balaban J connectivity index is 1.72. The van der Waals surface area contributed by atoms with Gasteiger partial charge in [-0.3, -0.25) is 4.90 Å². The Kier molecular flexibility index (Phi) is 4.71. The number of hydrogen-bond acceptors (Lipinski definition) is 3. The number of ether oxygens (including phenoxy) is 1. The van der Waals surface area contributed by atoms with Crippen LogP contribution in [0.2, 0.25) is 0 Å². The summed E-state index contributed by atoms with van der Waals surface area (Å²) in [5, 5.41) is 10.5. The highest BCUT2D eigenvalue weighted by molar-refractivity contribution is 5.16. The minimum atomic E-state index is -0.188. The summed E-state index contributed by atoms with van der Waals surface area (Å²) in [6.07, 6.45) is 5.04. The summed E-state index contributed by atoms with van der Waals surface area (Å²) in [6.45, 7) is 2.86. The van der Waals surface area contributed by atoms with Gasteiger partial charge in [0.15, 0.2) is 0 Å². The minimum absolute atomic E-state index is 0.188. The molecule has 1 aromatic rings. The standard InChI is InChI=1S/C17H25NO2/c19-17-7-4-10-18(15-8-11-20-12-9-15)16(17)13-14-5-2-1-3-6-14/h1-3,5-6,15-17,19H,4,7-13H2/t16-,17-/m0/s1. The highest BCUT2D eigenvalue weighted by Crippen LogP contribution is 2.27. The molecular weight excluding hydrogens is 250 g/mol. The summed E-state index contributed by atoms with van der Waals surface area (Å²) in [7, 11) is 0. The van der Waals surface area contributed by atoms with Crippen LogP contribution >= 0.6 is 0 Å². The number of aliphatic hydroxyl groups excluding tert-OH is 1. The number of aliphatic hydroxyl groups is 1. The highest BCUT2D eigenvalue weighted by Gasteiger charge is 2.34. The molecule has 2 aliphatic heterocycles. The van der Waals surface area contributed by atoms with Gasteiger partial charge in [0.2, 0.25) is 0 Å². The van der Waals surface area contributed by atoms with Gasteiger partial charge >= 0.3 is 0 Å². The normalized spacial score (nSPS) is 29.4. The molecule has 2 fully saturated rings. The van der Waals surface area contributed by atoms with Crippen molar-refractivity contribution >= 4 is 0 Å². The van der Waals surface area contributed by atoms with Crippen molar-refractivity contribution in [1.29, 1.82) is 0 Å². The maximum atomic E-state index is 10.5. The van der Waals surface area contributed by atoms with Crippen LogP contribution < -0.4 is 0 Å². The quantitative estimate of drug-likeness (QED) is 0.918. The first-order valence-electron chi connectivity index (χ1n) is 7.90. The van der Waals surface area contributed by atoms with Gasteiger partial charge < -0.3 is 9.84 Å². The van der Waals surface area contributed by atoms with E-state index >= 15 is 0 Å². The molecular formula is C17H25NO2. The van der Waals surface area contributed by atoms with Crippen LogP contribution in [0.4, 0.5) is 0 Å². The monoisotopic (exact) mass is 275 g/mol. The van der Waals surface area contributed by atoms with Crippen molar-refractivity contribution in [3.8, 4) is 0 Å². The topological polar surface area (TPSA) is 32.7 Å². The fraction of sp³-hybridized carbons (Fsp3) is 0.647. The molecule has 1 N–H and O–H groups in total. The first-order valence-corrected chi connectivity index (χ1v) is 7.90. The lowest BCUT2D eigenvalue weighted by atomic mass is 9.90. The molecule has 0 unspecified atom stereocenters. The lowest BCUT2D eigenvalue weighted by Gasteiger charge is -2.45. The smallest absolute Gasteiger partial charge is 0.0699 e. The van der Waals surface area contributed by atoms with Gasteiger partial charge in [0.25, 0.3) is 0 Å². The molecule has 0 bridgehead atoms. The Labute approximate surface area is 121 Å². The zero-order chi connectivity index (χ0) is 13.8. The SMILES string of the molecule is O[C@H]1CCCN(C2CCOCC2)[C@H]1Cc1ccccc1. The van der Waals surface area contributed by atoms with Crippen LogP contribution in [0.5, 0.6) is 0 Å². The highest BCUT2D eigenvalue weighted by atomic mass is 16.5. The van der Waals surface area contributed by atoms with E-state index in [1.165, 1.54) is 5.56 Å². The average Bonchev–Trinajstić information content (AvgIpc) is 2.51. The molecule has 3 rings (SSSR count). The number of rotatable bonds is 3. The summed E-state index contributed by atoms with van der Waals surface area (Å²) < 4.78 is 5.48. The van der Waals surface area contributed by atoms with Crippen LogP contribution in [0.25, 0.3) is 0 Å². The Morgan fingerprint density at radius 1 is 1.10 bits per heavy atom. The third kappa shape index (κ3) is 3.22. The molecule has 20 heavy (non-hydrogen) atoms. The molecule has 2 saturated heterocycles. The first-order chi connectivity index (χ1) is 9.84. The largest absolute Gasteiger partial charge is 0.391 e. The van der Waals surface area contributed by atoms with E-state index in [1.54, 1.807) is 0 Å². The van der Waals surface area contributed by atoms with E-state index in [9.17, 15) is 5.11 Å². The maximum Gasteiger partial charge on any atom is 0.0699 e. The number of hydrogen-bond donors (Lipinski definition) is 1. The second-order valence-electron chi connectivity index (χ2n) is 6.05. The predicted molar refractivity (Wildman–Crippen MR) is 79.7 cm³/mol. The first kappa shape index (κ1) is 14.1. The zero-order valence-corrected chi connectivity index (χ0v) is 12.1. The van der Waals surface area contributed by atoms with Gasteiger partial charge in [-0.2, -0.15) is 0 Å². The van der Waals surface area contributed by atoms with Crippen LogP contribution in [-0.4, -0.2) is 48.0 Å². The third-order valence-corrected chi connectivity index (χ3v) is 4.73. The van der Waals surface area contributed by atoms with Crippen LogP contribution in [0.3, 0.4) is 0 Å². The number of piperidine rings is 1. The summed E-state index contributed by atoms with van der Waals surface area (Å²) >= 11 is 0.